The highest BCUT2D eigenvalue weighted by Crippen LogP contribution is 2.27. The van der Waals surface area contributed by atoms with Gasteiger partial charge in [0.25, 0.3) is 0 Å². The lowest BCUT2D eigenvalue weighted by atomic mass is 10.1. The van der Waals surface area contributed by atoms with E-state index in [-0.39, 0.29) is 18.7 Å². The highest BCUT2D eigenvalue weighted by Gasteiger charge is 2.37. The van der Waals surface area contributed by atoms with Crippen molar-refractivity contribution in [3.63, 3.8) is 0 Å². The standard InChI is InChI=1S/C14H15FN4O4/c15-8-3-1-2-4-9(8)19-6-7(5-10(19)20)14(23)18-11(12(16)21)13(17)22/h1-4,7,11H,5-6H2,(H2,16,21)(H2,17,22)(H,18,23)/t7-/m1/s1. The molecule has 5 N–H and O–H groups in total. The van der Waals surface area contributed by atoms with Crippen molar-refractivity contribution in [3.05, 3.63) is 30.1 Å². The van der Waals surface area contributed by atoms with E-state index < -0.39 is 41.4 Å². The van der Waals surface area contributed by atoms with Crippen molar-refractivity contribution < 1.29 is 23.6 Å². The summed E-state index contributed by atoms with van der Waals surface area (Å²) in [6.45, 7) is -0.0736. The number of benzene rings is 1. The maximum atomic E-state index is 13.7. The van der Waals surface area contributed by atoms with E-state index in [4.69, 9.17) is 11.5 Å². The van der Waals surface area contributed by atoms with E-state index in [1.54, 1.807) is 6.07 Å². The summed E-state index contributed by atoms with van der Waals surface area (Å²) in [7, 11) is 0. The van der Waals surface area contributed by atoms with Gasteiger partial charge in [0.15, 0.2) is 6.04 Å². The Kier molecular flexibility index (Phi) is 4.58. The van der Waals surface area contributed by atoms with E-state index in [2.05, 4.69) is 5.32 Å². The van der Waals surface area contributed by atoms with Crippen LogP contribution in [0.4, 0.5) is 10.1 Å². The maximum absolute atomic E-state index is 13.7. The molecule has 1 atom stereocenters. The van der Waals surface area contributed by atoms with Crippen molar-refractivity contribution in [1.29, 1.82) is 0 Å². The lowest BCUT2D eigenvalue weighted by molar-refractivity contribution is -0.135. The number of anilines is 1. The number of hydrogen-bond acceptors (Lipinski definition) is 4. The van der Waals surface area contributed by atoms with Gasteiger partial charge in [-0.1, -0.05) is 12.1 Å². The average molecular weight is 322 g/mol. The fraction of sp³-hybridized carbons (Fsp3) is 0.286. The third kappa shape index (κ3) is 3.44. The van der Waals surface area contributed by atoms with Crippen LogP contribution in [0.2, 0.25) is 0 Å². The van der Waals surface area contributed by atoms with Crippen molar-refractivity contribution in [1.82, 2.24) is 5.32 Å². The molecule has 1 saturated heterocycles. The first kappa shape index (κ1) is 16.4. The van der Waals surface area contributed by atoms with E-state index >= 15 is 0 Å². The summed E-state index contributed by atoms with van der Waals surface area (Å²) in [5.74, 6) is -4.79. The van der Waals surface area contributed by atoms with Gasteiger partial charge >= 0.3 is 0 Å². The smallest absolute Gasteiger partial charge is 0.249 e. The predicted octanol–water partition coefficient (Wildman–Crippen LogP) is -1.37. The minimum atomic E-state index is -1.65. The van der Waals surface area contributed by atoms with Crippen LogP contribution in [0.15, 0.2) is 24.3 Å². The number of nitrogens with zero attached hydrogens (tertiary/aromatic N) is 1. The number of carbonyl (C=O) groups is 4. The molecule has 0 aliphatic carbocycles. The molecule has 0 saturated carbocycles. The third-order valence-electron chi connectivity index (χ3n) is 3.49. The Bertz CT molecular complexity index is 664. The number of amides is 4. The van der Waals surface area contributed by atoms with Crippen LogP contribution in [0.5, 0.6) is 0 Å². The molecule has 1 aliphatic rings. The zero-order valence-corrected chi connectivity index (χ0v) is 12.0. The number of carbonyl (C=O) groups excluding carboxylic acids is 4. The second-order valence-corrected chi connectivity index (χ2v) is 5.10. The van der Waals surface area contributed by atoms with Crippen molar-refractivity contribution in [3.8, 4) is 0 Å². The van der Waals surface area contributed by atoms with Crippen LogP contribution in [0.1, 0.15) is 6.42 Å². The number of rotatable bonds is 5. The van der Waals surface area contributed by atoms with Crippen LogP contribution in [-0.4, -0.2) is 36.2 Å². The van der Waals surface area contributed by atoms with Gasteiger partial charge in [0.1, 0.15) is 5.82 Å². The van der Waals surface area contributed by atoms with Crippen molar-refractivity contribution in [2.24, 2.45) is 17.4 Å². The number of nitrogens with two attached hydrogens (primary N) is 2. The molecule has 4 amide bonds. The van der Waals surface area contributed by atoms with E-state index in [0.29, 0.717) is 0 Å². The SMILES string of the molecule is NC(=O)C(NC(=O)[C@@H]1CC(=O)N(c2ccccc2F)C1)C(N)=O. The van der Waals surface area contributed by atoms with Crippen LogP contribution in [0.25, 0.3) is 0 Å². The highest BCUT2D eigenvalue weighted by molar-refractivity contribution is 6.07. The van der Waals surface area contributed by atoms with Gasteiger partial charge in [0, 0.05) is 13.0 Å². The molecule has 1 fully saturated rings. The molecule has 0 aromatic heterocycles. The summed E-state index contributed by atoms with van der Waals surface area (Å²) in [4.78, 5) is 47.3. The molecule has 9 heteroatoms. The third-order valence-corrected chi connectivity index (χ3v) is 3.49. The Hall–Kier alpha value is -2.97. The number of para-hydroxylation sites is 1. The minimum Gasteiger partial charge on any atom is -0.367 e. The molecule has 0 spiro atoms. The topological polar surface area (TPSA) is 136 Å². The Morgan fingerprint density at radius 1 is 1.22 bits per heavy atom. The van der Waals surface area contributed by atoms with Gasteiger partial charge in [0.05, 0.1) is 11.6 Å². The summed E-state index contributed by atoms with van der Waals surface area (Å²) < 4.78 is 13.7. The molecule has 2 rings (SSSR count). The van der Waals surface area contributed by atoms with Gasteiger partial charge in [0.2, 0.25) is 23.6 Å². The second-order valence-electron chi connectivity index (χ2n) is 5.10. The normalized spacial score (nSPS) is 17.4. The van der Waals surface area contributed by atoms with Crippen molar-refractivity contribution >= 4 is 29.3 Å². The Labute approximate surface area is 130 Å². The highest BCUT2D eigenvalue weighted by atomic mass is 19.1. The van der Waals surface area contributed by atoms with E-state index in [1.165, 1.54) is 18.2 Å². The number of halogens is 1. The maximum Gasteiger partial charge on any atom is 0.249 e. The molecule has 122 valence electrons. The lowest BCUT2D eigenvalue weighted by Crippen LogP contribution is -2.54. The Balaban J connectivity index is 2.10. The molecule has 23 heavy (non-hydrogen) atoms. The zero-order chi connectivity index (χ0) is 17.1. The van der Waals surface area contributed by atoms with Crippen LogP contribution in [0, 0.1) is 11.7 Å². The first-order chi connectivity index (χ1) is 10.8. The minimum absolute atomic E-state index is 0.0640. The summed E-state index contributed by atoms with van der Waals surface area (Å²) in [6.07, 6.45) is -0.176. The van der Waals surface area contributed by atoms with Gasteiger partial charge in [-0.25, -0.2) is 4.39 Å². The van der Waals surface area contributed by atoms with Crippen LogP contribution in [0.3, 0.4) is 0 Å². The van der Waals surface area contributed by atoms with Gasteiger partial charge in [-0.3, -0.25) is 19.2 Å². The quantitative estimate of drug-likeness (QED) is 0.576. The molecular weight excluding hydrogens is 307 g/mol. The molecule has 8 nitrogen and oxygen atoms in total. The van der Waals surface area contributed by atoms with Gasteiger partial charge < -0.3 is 21.7 Å². The summed E-state index contributed by atoms with van der Waals surface area (Å²) in [6, 6.07) is 4.01. The molecule has 1 aromatic rings. The average Bonchev–Trinajstić information content (AvgIpc) is 2.86. The number of primary amides is 2. The first-order valence-corrected chi connectivity index (χ1v) is 6.75. The predicted molar refractivity (Wildman–Crippen MR) is 77.2 cm³/mol. The fourth-order valence-electron chi connectivity index (χ4n) is 2.33. The summed E-state index contributed by atoms with van der Waals surface area (Å²) in [5.41, 5.74) is 10.0. The molecule has 0 bridgehead atoms. The molecule has 1 aliphatic heterocycles. The zero-order valence-electron chi connectivity index (χ0n) is 12.0. The largest absolute Gasteiger partial charge is 0.367 e. The summed E-state index contributed by atoms with van der Waals surface area (Å²) in [5, 5.41) is 2.10. The molecule has 0 unspecified atom stereocenters. The summed E-state index contributed by atoms with van der Waals surface area (Å²) >= 11 is 0. The molecule has 1 heterocycles. The molecule has 1 aromatic carbocycles. The van der Waals surface area contributed by atoms with Gasteiger partial charge in [-0.15, -0.1) is 0 Å². The Morgan fingerprint density at radius 3 is 2.39 bits per heavy atom. The van der Waals surface area contributed by atoms with Gasteiger partial charge in [-0.05, 0) is 12.1 Å². The van der Waals surface area contributed by atoms with E-state index in [0.717, 1.165) is 4.90 Å². The van der Waals surface area contributed by atoms with Crippen molar-refractivity contribution in [2.75, 3.05) is 11.4 Å². The fourth-order valence-corrected chi connectivity index (χ4v) is 2.33. The van der Waals surface area contributed by atoms with Gasteiger partial charge in [-0.2, -0.15) is 0 Å². The molecule has 0 radical (unpaired) electrons. The van der Waals surface area contributed by atoms with E-state index in [9.17, 15) is 23.6 Å². The van der Waals surface area contributed by atoms with Crippen molar-refractivity contribution in [2.45, 2.75) is 12.5 Å². The molecular formula is C14H15FN4O4. The number of hydrogen-bond donors (Lipinski definition) is 3. The van der Waals surface area contributed by atoms with Crippen LogP contribution >= 0.6 is 0 Å². The van der Waals surface area contributed by atoms with Crippen LogP contribution in [-0.2, 0) is 19.2 Å². The second kappa shape index (κ2) is 6.42. The monoisotopic (exact) mass is 322 g/mol. The first-order valence-electron chi connectivity index (χ1n) is 6.75. The van der Waals surface area contributed by atoms with Crippen LogP contribution < -0.4 is 21.7 Å². The Morgan fingerprint density at radius 2 is 1.83 bits per heavy atom. The lowest BCUT2D eigenvalue weighted by Gasteiger charge is -2.18. The number of nitrogens with one attached hydrogen (secondary N) is 1. The van der Waals surface area contributed by atoms with E-state index in [1.807, 2.05) is 0 Å².